The molecule has 25 heavy (non-hydrogen) atoms. The first-order valence-corrected chi connectivity index (χ1v) is 9.12. The van der Waals surface area contributed by atoms with Gasteiger partial charge in [-0.1, -0.05) is 35.3 Å². The zero-order chi connectivity index (χ0) is 18.8. The lowest BCUT2D eigenvalue weighted by molar-refractivity contribution is -0.385. The summed E-state index contributed by atoms with van der Waals surface area (Å²) in [6, 6.07) is 8.32. The summed E-state index contributed by atoms with van der Waals surface area (Å²) in [4.78, 5) is 12.1. The van der Waals surface area contributed by atoms with E-state index in [2.05, 4.69) is 5.10 Å². The zero-order valence-electron chi connectivity index (χ0n) is 13.2. The summed E-state index contributed by atoms with van der Waals surface area (Å²) in [7, 11) is -4.07. The topological polar surface area (TPSA) is 102 Å². The number of nitrogens with zero attached hydrogens (tertiary/aromatic N) is 2. The number of hydrogen-bond acceptors (Lipinski definition) is 5. The number of rotatable bonds is 5. The third-order valence-electron chi connectivity index (χ3n) is 3.34. The van der Waals surface area contributed by atoms with Gasteiger partial charge in [0.05, 0.1) is 20.6 Å². The highest BCUT2D eigenvalue weighted by molar-refractivity contribution is 7.89. The normalized spacial score (nSPS) is 12.1. The Morgan fingerprint density at radius 3 is 2.48 bits per heavy atom. The van der Waals surface area contributed by atoms with Crippen molar-refractivity contribution < 1.29 is 13.3 Å². The van der Waals surface area contributed by atoms with Crippen molar-refractivity contribution in [3.8, 4) is 0 Å². The maximum Gasteiger partial charge on any atom is 0.276 e. The lowest BCUT2D eigenvalue weighted by Gasteiger charge is -2.07. The molecule has 0 aliphatic carbocycles. The van der Waals surface area contributed by atoms with Crippen molar-refractivity contribution in [3.63, 3.8) is 0 Å². The van der Waals surface area contributed by atoms with Crippen LogP contribution < -0.4 is 4.83 Å². The summed E-state index contributed by atoms with van der Waals surface area (Å²) in [5.41, 5.74) is 0.886. The van der Waals surface area contributed by atoms with Gasteiger partial charge in [0.1, 0.15) is 0 Å². The molecule has 0 unspecified atom stereocenters. The number of sulfonamides is 1. The average Bonchev–Trinajstić information content (AvgIpc) is 2.52. The minimum Gasteiger partial charge on any atom is -0.258 e. The van der Waals surface area contributed by atoms with E-state index < -0.39 is 14.9 Å². The van der Waals surface area contributed by atoms with Gasteiger partial charge in [0.25, 0.3) is 15.7 Å². The van der Waals surface area contributed by atoms with Crippen molar-refractivity contribution in [1.82, 2.24) is 4.83 Å². The molecule has 2 rings (SSSR count). The Hall–Kier alpha value is -2.16. The average molecular weight is 402 g/mol. The Labute approximate surface area is 154 Å². The number of hydrogen-bond donors (Lipinski definition) is 1. The monoisotopic (exact) mass is 401 g/mol. The van der Waals surface area contributed by atoms with Crippen LogP contribution in [0.4, 0.5) is 5.69 Å². The van der Waals surface area contributed by atoms with E-state index in [9.17, 15) is 18.5 Å². The largest absolute Gasteiger partial charge is 0.276 e. The van der Waals surface area contributed by atoms with Crippen LogP contribution in [0.2, 0.25) is 10.0 Å². The third-order valence-corrected chi connectivity index (χ3v) is 5.10. The highest BCUT2D eigenvalue weighted by Crippen LogP contribution is 2.23. The zero-order valence-corrected chi connectivity index (χ0v) is 15.5. The molecule has 0 aliphatic rings. The molecule has 0 radical (unpaired) electrons. The van der Waals surface area contributed by atoms with Crippen molar-refractivity contribution in [3.05, 3.63) is 67.7 Å². The lowest BCUT2D eigenvalue weighted by atomic mass is 10.1. The molecule has 132 valence electrons. The molecular weight excluding hydrogens is 389 g/mol. The van der Waals surface area contributed by atoms with E-state index in [0.29, 0.717) is 26.9 Å². The quantitative estimate of drug-likeness (QED) is 0.465. The van der Waals surface area contributed by atoms with Gasteiger partial charge in [-0.3, -0.25) is 10.1 Å². The van der Waals surface area contributed by atoms with E-state index in [1.165, 1.54) is 25.1 Å². The molecule has 0 saturated carbocycles. The number of aryl methyl sites for hydroxylation is 1. The first kappa shape index (κ1) is 19.2. The number of halogens is 2. The van der Waals surface area contributed by atoms with Crippen molar-refractivity contribution in [2.75, 3.05) is 0 Å². The smallest absolute Gasteiger partial charge is 0.258 e. The van der Waals surface area contributed by atoms with Gasteiger partial charge < -0.3 is 0 Å². The standard InChI is InChI=1S/C15H13Cl2N3O4S/c1-9-3-5-12(8-15(9)20(21)22)25(23,24)19-18-10(2)13-6-4-11(16)7-14(13)17/h3-8,19H,1-2H3/b18-10-. The molecular formula is C15H13Cl2N3O4S. The molecule has 0 fully saturated rings. The first-order valence-electron chi connectivity index (χ1n) is 6.88. The minimum atomic E-state index is -4.07. The van der Waals surface area contributed by atoms with E-state index in [0.717, 1.165) is 6.07 Å². The number of hydrazone groups is 1. The molecule has 0 saturated heterocycles. The number of nitro benzene ring substituents is 1. The first-order chi connectivity index (χ1) is 11.6. The van der Waals surface area contributed by atoms with Crippen molar-refractivity contribution in [1.29, 1.82) is 0 Å². The summed E-state index contributed by atoms with van der Waals surface area (Å²) in [6.45, 7) is 3.09. The molecule has 1 N–H and O–H groups in total. The Bertz CT molecular complexity index is 975. The number of nitrogens with one attached hydrogen (secondary N) is 1. The van der Waals surface area contributed by atoms with Gasteiger partial charge in [-0.15, -0.1) is 0 Å². The maximum absolute atomic E-state index is 12.3. The van der Waals surface area contributed by atoms with Gasteiger partial charge in [0, 0.05) is 22.2 Å². The van der Waals surface area contributed by atoms with Crippen LogP contribution in [0.3, 0.4) is 0 Å². The molecule has 10 heteroatoms. The molecule has 0 bridgehead atoms. The molecule has 0 aliphatic heterocycles. The van der Waals surface area contributed by atoms with Crippen LogP contribution in [0.5, 0.6) is 0 Å². The molecule has 0 amide bonds. The van der Waals surface area contributed by atoms with Crippen LogP contribution in [-0.2, 0) is 10.0 Å². The van der Waals surface area contributed by atoms with Crippen LogP contribution >= 0.6 is 23.2 Å². The van der Waals surface area contributed by atoms with Gasteiger partial charge in [0.2, 0.25) is 0 Å². The second kappa shape index (κ2) is 7.38. The van der Waals surface area contributed by atoms with Gasteiger partial charge in [-0.05, 0) is 32.0 Å². The van der Waals surface area contributed by atoms with E-state index in [1.807, 2.05) is 4.83 Å². The molecule has 2 aromatic rings. The highest BCUT2D eigenvalue weighted by Gasteiger charge is 2.19. The van der Waals surface area contributed by atoms with Crippen molar-refractivity contribution in [2.45, 2.75) is 18.7 Å². The molecule has 7 nitrogen and oxygen atoms in total. The van der Waals surface area contributed by atoms with Gasteiger partial charge in [0.15, 0.2) is 0 Å². The Kier molecular flexibility index (Phi) is 5.66. The second-order valence-electron chi connectivity index (χ2n) is 5.12. The minimum absolute atomic E-state index is 0.261. The van der Waals surface area contributed by atoms with Crippen LogP contribution in [-0.4, -0.2) is 19.1 Å². The highest BCUT2D eigenvalue weighted by atomic mass is 35.5. The fourth-order valence-electron chi connectivity index (χ4n) is 1.98. The van der Waals surface area contributed by atoms with E-state index in [1.54, 1.807) is 19.1 Å². The van der Waals surface area contributed by atoms with E-state index >= 15 is 0 Å². The second-order valence-corrected chi connectivity index (χ2v) is 7.63. The van der Waals surface area contributed by atoms with Gasteiger partial charge >= 0.3 is 0 Å². The summed E-state index contributed by atoms with van der Waals surface area (Å²) in [5.74, 6) is 0. The number of nitro groups is 1. The Morgan fingerprint density at radius 2 is 1.88 bits per heavy atom. The molecule has 0 heterocycles. The molecule has 2 aromatic carbocycles. The molecule has 0 atom stereocenters. The Balaban J connectivity index is 2.32. The fraction of sp³-hybridized carbons (Fsp3) is 0.133. The van der Waals surface area contributed by atoms with E-state index in [4.69, 9.17) is 23.2 Å². The van der Waals surface area contributed by atoms with Crippen LogP contribution in [0.1, 0.15) is 18.1 Å². The fourth-order valence-corrected chi connectivity index (χ4v) is 3.40. The van der Waals surface area contributed by atoms with Gasteiger partial charge in [-0.25, -0.2) is 0 Å². The predicted molar refractivity (Wildman–Crippen MR) is 96.8 cm³/mol. The summed E-state index contributed by atoms with van der Waals surface area (Å²) in [5, 5.41) is 15.5. The molecule has 0 spiro atoms. The Morgan fingerprint density at radius 1 is 1.20 bits per heavy atom. The predicted octanol–water partition coefficient (Wildman–Crippen LogP) is 3.91. The van der Waals surface area contributed by atoms with Crippen molar-refractivity contribution in [2.24, 2.45) is 5.10 Å². The van der Waals surface area contributed by atoms with Crippen LogP contribution in [0, 0.1) is 17.0 Å². The molecule has 0 aromatic heterocycles. The van der Waals surface area contributed by atoms with Crippen LogP contribution in [0.15, 0.2) is 46.4 Å². The lowest BCUT2D eigenvalue weighted by Crippen LogP contribution is -2.20. The maximum atomic E-state index is 12.3. The third kappa shape index (κ3) is 4.47. The van der Waals surface area contributed by atoms with Crippen LogP contribution in [0.25, 0.3) is 0 Å². The SMILES string of the molecule is C/C(=N/NS(=O)(=O)c1ccc(C)c([N+](=O)[O-])c1)c1ccc(Cl)cc1Cl. The van der Waals surface area contributed by atoms with Crippen molar-refractivity contribution >= 4 is 44.6 Å². The summed E-state index contributed by atoms with van der Waals surface area (Å²) < 4.78 is 24.6. The number of benzene rings is 2. The van der Waals surface area contributed by atoms with E-state index in [-0.39, 0.29) is 10.6 Å². The summed E-state index contributed by atoms with van der Waals surface area (Å²) in [6.07, 6.45) is 0. The summed E-state index contributed by atoms with van der Waals surface area (Å²) >= 11 is 11.9. The van der Waals surface area contributed by atoms with Gasteiger partial charge in [-0.2, -0.15) is 18.4 Å².